The average molecular weight is 497 g/mol. The minimum absolute atomic E-state index is 0.0512. The van der Waals surface area contributed by atoms with Gasteiger partial charge in [-0.05, 0) is 50.1 Å². The topological polar surface area (TPSA) is 59.7 Å². The zero-order valence-electron chi connectivity index (χ0n) is 20.7. The lowest BCUT2D eigenvalue weighted by molar-refractivity contribution is -0.119. The van der Waals surface area contributed by atoms with Crippen molar-refractivity contribution in [1.82, 2.24) is 14.0 Å². The Labute approximate surface area is 211 Å². The van der Waals surface area contributed by atoms with Crippen LogP contribution in [0.5, 0.6) is 5.75 Å². The minimum atomic E-state index is -0.0512. The minimum Gasteiger partial charge on any atom is -0.495 e. The highest BCUT2D eigenvalue weighted by atomic mass is 35.5. The first-order valence-corrected chi connectivity index (χ1v) is 12.5. The zero-order valence-corrected chi connectivity index (χ0v) is 21.4. The highest BCUT2D eigenvalue weighted by molar-refractivity contribution is 6.32. The molecule has 0 bridgehead atoms. The number of para-hydroxylation sites is 2. The number of nitrogens with zero attached hydrogens (tertiary/aromatic N) is 4. The van der Waals surface area contributed by atoms with Crippen LogP contribution in [-0.2, 0) is 11.3 Å². The maximum atomic E-state index is 13.1. The van der Waals surface area contributed by atoms with E-state index in [1.807, 2.05) is 65.8 Å². The standard InChI is InChI=1S/C27H33ClN4O3/c1-5-26(33)32(21-10-11-25(35-4)22(28)18-21)20-12-14-29(15-13-20)16-17-30-23-8-6-7-9-24(23)31(19(2)3)27(30)34/h6-11,18,20H,2,5,12-17H2,1,3-4H3. The summed E-state index contributed by atoms with van der Waals surface area (Å²) in [6.07, 6.45) is 2.15. The molecule has 1 aliphatic heterocycles. The number of benzene rings is 2. The Morgan fingerprint density at radius 1 is 1.14 bits per heavy atom. The number of rotatable bonds is 8. The van der Waals surface area contributed by atoms with Crippen molar-refractivity contribution < 1.29 is 9.53 Å². The van der Waals surface area contributed by atoms with E-state index >= 15 is 0 Å². The molecule has 8 heteroatoms. The maximum absolute atomic E-state index is 13.1. The second-order valence-electron chi connectivity index (χ2n) is 9.00. The molecule has 35 heavy (non-hydrogen) atoms. The molecule has 7 nitrogen and oxygen atoms in total. The Kier molecular flexibility index (Phi) is 7.67. The van der Waals surface area contributed by atoms with E-state index in [1.54, 1.807) is 11.7 Å². The molecule has 0 aliphatic carbocycles. The number of amides is 1. The second kappa shape index (κ2) is 10.7. The summed E-state index contributed by atoms with van der Waals surface area (Å²) in [5.41, 5.74) is 3.28. The van der Waals surface area contributed by atoms with Gasteiger partial charge in [-0.2, -0.15) is 0 Å². The number of piperidine rings is 1. The van der Waals surface area contributed by atoms with Crippen molar-refractivity contribution in [3.8, 4) is 5.75 Å². The molecule has 1 fully saturated rings. The molecule has 0 N–H and O–H groups in total. The lowest BCUT2D eigenvalue weighted by Gasteiger charge is -2.38. The number of aromatic nitrogens is 2. The summed E-state index contributed by atoms with van der Waals surface area (Å²) in [7, 11) is 1.58. The monoisotopic (exact) mass is 496 g/mol. The van der Waals surface area contributed by atoms with E-state index in [0.29, 0.717) is 29.4 Å². The largest absolute Gasteiger partial charge is 0.495 e. The second-order valence-corrected chi connectivity index (χ2v) is 9.41. The molecule has 1 saturated heterocycles. The van der Waals surface area contributed by atoms with Gasteiger partial charge in [-0.1, -0.05) is 37.2 Å². The molecular weight excluding hydrogens is 464 g/mol. The van der Waals surface area contributed by atoms with E-state index in [2.05, 4.69) is 11.5 Å². The van der Waals surface area contributed by atoms with Gasteiger partial charge in [-0.25, -0.2) is 4.79 Å². The third-order valence-electron chi connectivity index (χ3n) is 6.76. The fraction of sp³-hybridized carbons (Fsp3) is 0.407. The Balaban J connectivity index is 1.45. The van der Waals surface area contributed by atoms with E-state index < -0.39 is 0 Å². The quantitative estimate of drug-likeness (QED) is 0.446. The van der Waals surface area contributed by atoms with Crippen molar-refractivity contribution in [2.24, 2.45) is 0 Å². The number of allylic oxidation sites excluding steroid dienone is 1. The summed E-state index contributed by atoms with van der Waals surface area (Å²) >= 11 is 6.35. The van der Waals surface area contributed by atoms with E-state index in [4.69, 9.17) is 16.3 Å². The smallest absolute Gasteiger partial charge is 0.333 e. The Morgan fingerprint density at radius 2 is 1.83 bits per heavy atom. The molecule has 0 unspecified atom stereocenters. The fourth-order valence-electron chi connectivity index (χ4n) is 4.97. The van der Waals surface area contributed by atoms with E-state index in [-0.39, 0.29) is 17.6 Å². The molecule has 2 heterocycles. The molecule has 0 radical (unpaired) electrons. The van der Waals surface area contributed by atoms with Crippen LogP contribution in [0.4, 0.5) is 5.69 Å². The van der Waals surface area contributed by atoms with Gasteiger partial charge < -0.3 is 14.5 Å². The lowest BCUT2D eigenvalue weighted by atomic mass is 10.0. The molecule has 1 aliphatic rings. The molecular formula is C27H33ClN4O3. The number of carbonyl (C=O) groups is 1. The number of hydrogen-bond acceptors (Lipinski definition) is 4. The number of halogens is 1. The number of fused-ring (bicyclic) bond motifs is 1. The van der Waals surface area contributed by atoms with Gasteiger partial charge >= 0.3 is 5.69 Å². The van der Waals surface area contributed by atoms with Crippen molar-refractivity contribution in [3.05, 3.63) is 64.6 Å². The Hall–Kier alpha value is -3.03. The molecule has 3 aromatic rings. The fourth-order valence-corrected chi connectivity index (χ4v) is 5.22. The van der Waals surface area contributed by atoms with Gasteiger partial charge in [0.15, 0.2) is 0 Å². The SMILES string of the molecule is C=C(C)n1c(=O)n(CCN2CCC(N(C(=O)CC)c3ccc(OC)c(Cl)c3)CC2)c2ccccc21. The lowest BCUT2D eigenvalue weighted by Crippen LogP contribution is -2.48. The van der Waals surface area contributed by atoms with Crippen LogP contribution in [-0.4, -0.2) is 52.7 Å². The van der Waals surface area contributed by atoms with Crippen molar-refractivity contribution >= 4 is 39.9 Å². The van der Waals surface area contributed by atoms with Crippen LogP contribution in [0.1, 0.15) is 33.1 Å². The van der Waals surface area contributed by atoms with Crippen LogP contribution in [0.15, 0.2) is 53.8 Å². The molecule has 1 aromatic heterocycles. The third-order valence-corrected chi connectivity index (χ3v) is 7.06. The first kappa shape index (κ1) is 25.1. The van der Waals surface area contributed by atoms with Crippen molar-refractivity contribution in [2.45, 2.75) is 45.7 Å². The highest BCUT2D eigenvalue weighted by Gasteiger charge is 2.29. The van der Waals surface area contributed by atoms with E-state index in [9.17, 15) is 9.59 Å². The summed E-state index contributed by atoms with van der Waals surface area (Å²) in [5, 5.41) is 0.496. The molecule has 0 spiro atoms. The molecule has 2 aromatic carbocycles. The van der Waals surface area contributed by atoms with Crippen molar-refractivity contribution in [3.63, 3.8) is 0 Å². The summed E-state index contributed by atoms with van der Waals surface area (Å²) in [6.45, 7) is 10.8. The zero-order chi connectivity index (χ0) is 25.1. The number of methoxy groups -OCH3 is 1. The van der Waals surface area contributed by atoms with Crippen LogP contribution in [0, 0.1) is 0 Å². The first-order chi connectivity index (χ1) is 16.8. The number of likely N-dealkylation sites (tertiary alicyclic amines) is 1. The van der Waals surface area contributed by atoms with Crippen molar-refractivity contribution in [2.75, 3.05) is 31.6 Å². The predicted octanol–water partition coefficient (Wildman–Crippen LogP) is 4.86. The van der Waals surface area contributed by atoms with Crippen LogP contribution >= 0.6 is 11.6 Å². The van der Waals surface area contributed by atoms with Gasteiger partial charge in [0.05, 0.1) is 23.2 Å². The number of imidazole rings is 1. The molecule has 1 amide bonds. The Morgan fingerprint density at radius 3 is 2.43 bits per heavy atom. The highest BCUT2D eigenvalue weighted by Crippen LogP contribution is 2.32. The summed E-state index contributed by atoms with van der Waals surface area (Å²) in [4.78, 5) is 30.2. The van der Waals surface area contributed by atoms with Crippen LogP contribution < -0.4 is 15.3 Å². The normalized spacial score (nSPS) is 14.9. The summed E-state index contributed by atoms with van der Waals surface area (Å²) in [6, 6.07) is 13.5. The first-order valence-electron chi connectivity index (χ1n) is 12.1. The summed E-state index contributed by atoms with van der Waals surface area (Å²) < 4.78 is 8.78. The molecule has 0 atom stereocenters. The average Bonchev–Trinajstić information content (AvgIpc) is 3.14. The molecule has 4 rings (SSSR count). The van der Waals surface area contributed by atoms with Gasteiger partial charge in [-0.15, -0.1) is 0 Å². The van der Waals surface area contributed by atoms with Gasteiger partial charge in [0.2, 0.25) is 5.91 Å². The predicted molar refractivity (Wildman–Crippen MR) is 142 cm³/mol. The van der Waals surface area contributed by atoms with Gasteiger partial charge in [0.1, 0.15) is 5.75 Å². The van der Waals surface area contributed by atoms with Crippen LogP contribution in [0.2, 0.25) is 5.02 Å². The van der Waals surface area contributed by atoms with Crippen LogP contribution in [0.3, 0.4) is 0 Å². The number of ether oxygens (including phenoxy) is 1. The summed E-state index contributed by atoms with van der Waals surface area (Å²) in [5.74, 6) is 0.682. The van der Waals surface area contributed by atoms with E-state index in [1.165, 1.54) is 0 Å². The number of anilines is 1. The van der Waals surface area contributed by atoms with Gasteiger partial charge in [-0.3, -0.25) is 13.9 Å². The van der Waals surface area contributed by atoms with E-state index in [0.717, 1.165) is 49.2 Å². The maximum Gasteiger partial charge on any atom is 0.333 e. The van der Waals surface area contributed by atoms with Crippen molar-refractivity contribution in [1.29, 1.82) is 0 Å². The molecule has 0 saturated carbocycles. The molecule has 186 valence electrons. The van der Waals surface area contributed by atoms with Crippen LogP contribution in [0.25, 0.3) is 16.7 Å². The number of hydrogen-bond donors (Lipinski definition) is 0. The third kappa shape index (κ3) is 5.02. The van der Waals surface area contributed by atoms with Gasteiger partial charge in [0, 0.05) is 50.0 Å². The number of carbonyl (C=O) groups excluding carboxylic acids is 1. The van der Waals surface area contributed by atoms with Gasteiger partial charge in [0.25, 0.3) is 0 Å². The Bertz CT molecular complexity index is 1290.